The van der Waals surface area contributed by atoms with Crippen molar-refractivity contribution in [2.75, 3.05) is 11.9 Å². The van der Waals surface area contributed by atoms with Crippen LogP contribution in [0.2, 0.25) is 0 Å². The summed E-state index contributed by atoms with van der Waals surface area (Å²) in [5, 5.41) is 5.59. The molecule has 2 aromatic rings. The molecular formula is C16H20N2O2S. The van der Waals surface area contributed by atoms with Gasteiger partial charge in [-0.05, 0) is 30.0 Å². The van der Waals surface area contributed by atoms with Gasteiger partial charge in [0, 0.05) is 4.88 Å². The van der Waals surface area contributed by atoms with E-state index in [-0.39, 0.29) is 18.4 Å². The SMILES string of the molecule is CCC(Nc1ccccc1OCCC(N)=O)c1cccs1. The van der Waals surface area contributed by atoms with Crippen molar-refractivity contribution in [3.8, 4) is 5.75 Å². The standard InChI is InChI=1S/C16H20N2O2S/c1-2-12(15-8-5-11-21-15)18-13-6-3-4-7-14(13)20-10-9-16(17)19/h3-8,11-12,18H,2,9-10H2,1H3,(H2,17,19). The largest absolute Gasteiger partial charge is 0.491 e. The number of thiophene rings is 1. The molecule has 0 aliphatic carbocycles. The molecule has 1 amide bonds. The van der Waals surface area contributed by atoms with Gasteiger partial charge < -0.3 is 15.8 Å². The third-order valence-corrected chi connectivity index (χ3v) is 4.10. The minimum Gasteiger partial charge on any atom is -0.491 e. The Balaban J connectivity index is 2.06. The first-order valence-corrected chi connectivity index (χ1v) is 7.88. The molecule has 4 nitrogen and oxygen atoms in total. The van der Waals surface area contributed by atoms with E-state index in [4.69, 9.17) is 10.5 Å². The Kier molecular flexibility index (Phi) is 5.63. The molecule has 0 bridgehead atoms. The van der Waals surface area contributed by atoms with Crippen LogP contribution in [-0.2, 0) is 4.79 Å². The van der Waals surface area contributed by atoms with Crippen LogP contribution in [0.25, 0.3) is 0 Å². The zero-order valence-electron chi connectivity index (χ0n) is 12.0. The van der Waals surface area contributed by atoms with Crippen LogP contribution in [-0.4, -0.2) is 12.5 Å². The normalized spacial score (nSPS) is 11.9. The van der Waals surface area contributed by atoms with Gasteiger partial charge in [-0.2, -0.15) is 0 Å². The van der Waals surface area contributed by atoms with Gasteiger partial charge in [0.05, 0.1) is 24.8 Å². The average molecular weight is 304 g/mol. The molecule has 112 valence electrons. The Morgan fingerprint density at radius 3 is 2.81 bits per heavy atom. The summed E-state index contributed by atoms with van der Waals surface area (Å²) in [4.78, 5) is 12.1. The van der Waals surface area contributed by atoms with Gasteiger partial charge in [0.1, 0.15) is 5.75 Å². The van der Waals surface area contributed by atoms with Crippen LogP contribution in [0.15, 0.2) is 41.8 Å². The van der Waals surface area contributed by atoms with E-state index in [0.29, 0.717) is 6.61 Å². The Labute approximate surface area is 128 Å². The van der Waals surface area contributed by atoms with Crippen LogP contribution in [0.3, 0.4) is 0 Å². The Morgan fingerprint density at radius 1 is 1.33 bits per heavy atom. The van der Waals surface area contributed by atoms with E-state index in [1.807, 2.05) is 24.3 Å². The van der Waals surface area contributed by atoms with Crippen molar-refractivity contribution in [2.45, 2.75) is 25.8 Å². The smallest absolute Gasteiger partial charge is 0.220 e. The van der Waals surface area contributed by atoms with Gasteiger partial charge in [-0.1, -0.05) is 25.1 Å². The number of anilines is 1. The lowest BCUT2D eigenvalue weighted by atomic mass is 10.1. The number of carbonyl (C=O) groups is 1. The first-order valence-electron chi connectivity index (χ1n) is 7.00. The molecule has 1 unspecified atom stereocenters. The number of hydrogen-bond donors (Lipinski definition) is 2. The second kappa shape index (κ2) is 7.69. The lowest BCUT2D eigenvalue weighted by Gasteiger charge is -2.19. The lowest BCUT2D eigenvalue weighted by molar-refractivity contribution is -0.118. The van der Waals surface area contributed by atoms with E-state index in [1.165, 1.54) is 4.88 Å². The molecule has 0 radical (unpaired) electrons. The lowest BCUT2D eigenvalue weighted by Crippen LogP contribution is -2.15. The molecule has 1 atom stereocenters. The molecule has 0 aliphatic heterocycles. The summed E-state index contributed by atoms with van der Waals surface area (Å²) in [5.74, 6) is 0.388. The van der Waals surface area contributed by atoms with Crippen LogP contribution in [0.5, 0.6) is 5.75 Å². The second-order valence-electron chi connectivity index (χ2n) is 4.68. The number of rotatable bonds is 8. The molecular weight excluding hydrogens is 284 g/mol. The van der Waals surface area contributed by atoms with Gasteiger partial charge in [-0.15, -0.1) is 11.3 Å². The highest BCUT2D eigenvalue weighted by Gasteiger charge is 2.12. The van der Waals surface area contributed by atoms with E-state index in [1.54, 1.807) is 11.3 Å². The molecule has 0 spiro atoms. The number of ether oxygens (including phenoxy) is 1. The highest BCUT2D eigenvalue weighted by atomic mass is 32.1. The topological polar surface area (TPSA) is 64.3 Å². The maximum atomic E-state index is 10.8. The fraction of sp³-hybridized carbons (Fsp3) is 0.312. The molecule has 5 heteroatoms. The number of primary amides is 1. The van der Waals surface area contributed by atoms with Gasteiger partial charge in [0.2, 0.25) is 5.91 Å². The molecule has 0 saturated carbocycles. The minimum absolute atomic E-state index is 0.219. The number of amides is 1. The van der Waals surface area contributed by atoms with Crippen molar-refractivity contribution in [3.05, 3.63) is 46.7 Å². The summed E-state index contributed by atoms with van der Waals surface area (Å²) in [6.07, 6.45) is 1.20. The van der Waals surface area contributed by atoms with Crippen molar-refractivity contribution < 1.29 is 9.53 Å². The van der Waals surface area contributed by atoms with Gasteiger partial charge in [-0.25, -0.2) is 0 Å². The van der Waals surface area contributed by atoms with Crippen LogP contribution >= 0.6 is 11.3 Å². The number of carbonyl (C=O) groups excluding carboxylic acids is 1. The van der Waals surface area contributed by atoms with Crippen molar-refractivity contribution in [1.82, 2.24) is 0 Å². The summed E-state index contributed by atoms with van der Waals surface area (Å²) in [6, 6.07) is 12.2. The van der Waals surface area contributed by atoms with Gasteiger partial charge in [0.25, 0.3) is 0 Å². The molecule has 1 aromatic heterocycles. The minimum atomic E-state index is -0.356. The zero-order chi connectivity index (χ0) is 15.1. The van der Waals surface area contributed by atoms with Gasteiger partial charge >= 0.3 is 0 Å². The Morgan fingerprint density at radius 2 is 2.14 bits per heavy atom. The molecule has 3 N–H and O–H groups in total. The molecule has 0 fully saturated rings. The third-order valence-electron chi connectivity index (χ3n) is 3.12. The summed E-state index contributed by atoms with van der Waals surface area (Å²) >= 11 is 1.74. The summed E-state index contributed by atoms with van der Waals surface area (Å²) in [7, 11) is 0. The van der Waals surface area contributed by atoms with E-state index < -0.39 is 0 Å². The maximum Gasteiger partial charge on any atom is 0.220 e. The molecule has 2 rings (SSSR count). The third kappa shape index (κ3) is 4.49. The van der Waals surface area contributed by atoms with E-state index in [2.05, 4.69) is 29.8 Å². The number of para-hydroxylation sites is 2. The van der Waals surface area contributed by atoms with Crippen molar-refractivity contribution >= 4 is 22.9 Å². The Bertz CT molecular complexity index is 569. The van der Waals surface area contributed by atoms with E-state index in [0.717, 1.165) is 17.9 Å². The highest BCUT2D eigenvalue weighted by Crippen LogP contribution is 2.31. The van der Waals surface area contributed by atoms with Crippen molar-refractivity contribution in [3.63, 3.8) is 0 Å². The number of benzene rings is 1. The van der Waals surface area contributed by atoms with Crippen LogP contribution in [0.4, 0.5) is 5.69 Å². The molecule has 0 aliphatic rings. The first-order chi connectivity index (χ1) is 10.2. The summed E-state index contributed by atoms with van der Waals surface area (Å²) < 4.78 is 5.65. The van der Waals surface area contributed by atoms with Crippen LogP contribution in [0.1, 0.15) is 30.7 Å². The van der Waals surface area contributed by atoms with E-state index in [9.17, 15) is 4.79 Å². The zero-order valence-corrected chi connectivity index (χ0v) is 12.9. The molecule has 21 heavy (non-hydrogen) atoms. The number of hydrogen-bond acceptors (Lipinski definition) is 4. The van der Waals surface area contributed by atoms with Gasteiger partial charge in [0.15, 0.2) is 0 Å². The van der Waals surface area contributed by atoms with Gasteiger partial charge in [-0.3, -0.25) is 4.79 Å². The maximum absolute atomic E-state index is 10.8. The quantitative estimate of drug-likeness (QED) is 0.783. The molecule has 1 heterocycles. The molecule has 1 aromatic carbocycles. The predicted octanol–water partition coefficient (Wildman–Crippen LogP) is 3.57. The van der Waals surface area contributed by atoms with Crippen molar-refractivity contribution in [1.29, 1.82) is 0 Å². The van der Waals surface area contributed by atoms with Crippen LogP contribution in [0, 0.1) is 0 Å². The monoisotopic (exact) mass is 304 g/mol. The average Bonchev–Trinajstić information content (AvgIpc) is 3.00. The Hall–Kier alpha value is -2.01. The summed E-state index contributed by atoms with van der Waals surface area (Å²) in [5.41, 5.74) is 6.06. The van der Waals surface area contributed by atoms with E-state index >= 15 is 0 Å². The summed E-state index contributed by atoms with van der Waals surface area (Å²) in [6.45, 7) is 2.44. The van der Waals surface area contributed by atoms with Crippen LogP contribution < -0.4 is 15.8 Å². The fourth-order valence-corrected chi connectivity index (χ4v) is 2.89. The number of nitrogens with one attached hydrogen (secondary N) is 1. The van der Waals surface area contributed by atoms with Crippen molar-refractivity contribution in [2.24, 2.45) is 5.73 Å². The fourth-order valence-electron chi connectivity index (χ4n) is 2.02. The highest BCUT2D eigenvalue weighted by molar-refractivity contribution is 7.10. The first kappa shape index (κ1) is 15.4. The second-order valence-corrected chi connectivity index (χ2v) is 5.66. The predicted molar refractivity (Wildman–Crippen MR) is 86.7 cm³/mol. The molecule has 0 saturated heterocycles. The number of nitrogens with two attached hydrogens (primary N) is 1.